The molecule has 0 unspecified atom stereocenters. The van der Waals surface area contributed by atoms with Crippen molar-refractivity contribution in [2.24, 2.45) is 5.92 Å². The summed E-state index contributed by atoms with van der Waals surface area (Å²) in [4.78, 5) is 28.1. The van der Waals surface area contributed by atoms with E-state index in [9.17, 15) is 23.3 Å². The second-order valence-electron chi connectivity index (χ2n) is 6.55. The van der Waals surface area contributed by atoms with Crippen molar-refractivity contribution in [2.45, 2.75) is 17.7 Å². The number of nitro benzene ring substituents is 1. The van der Waals surface area contributed by atoms with E-state index in [1.165, 1.54) is 18.2 Å². The molecule has 0 spiro atoms. The van der Waals surface area contributed by atoms with Crippen LogP contribution in [-0.2, 0) is 10.0 Å². The lowest BCUT2D eigenvalue weighted by Gasteiger charge is -2.32. The summed E-state index contributed by atoms with van der Waals surface area (Å²) in [5.74, 6) is -0.0135. The summed E-state index contributed by atoms with van der Waals surface area (Å²) in [5.41, 5.74) is 0.123. The van der Waals surface area contributed by atoms with Crippen LogP contribution in [0.15, 0.2) is 53.7 Å². The van der Waals surface area contributed by atoms with Gasteiger partial charge in [-0.1, -0.05) is 12.1 Å². The smallest absolute Gasteiger partial charge is 0.289 e. The Bertz CT molecular complexity index is 957. The van der Waals surface area contributed by atoms with E-state index in [1.807, 2.05) is 0 Å². The summed E-state index contributed by atoms with van der Waals surface area (Å²) in [6.07, 6.45) is 4.43. The third kappa shape index (κ3) is 4.52. The molecule has 1 amide bonds. The van der Waals surface area contributed by atoms with E-state index < -0.39 is 20.6 Å². The number of nitro groups is 1. The first-order valence-corrected chi connectivity index (χ1v) is 10.3. The predicted molar refractivity (Wildman–Crippen MR) is 101 cm³/mol. The predicted octanol–water partition coefficient (Wildman–Crippen LogP) is 1.82. The number of nitrogens with one attached hydrogen (secondary N) is 1. The molecule has 3 rings (SSSR count). The first-order valence-electron chi connectivity index (χ1n) is 8.81. The van der Waals surface area contributed by atoms with Gasteiger partial charge in [-0.05, 0) is 37.0 Å². The molecule has 0 saturated carbocycles. The first kappa shape index (κ1) is 19.9. The van der Waals surface area contributed by atoms with E-state index in [0.29, 0.717) is 31.5 Å². The van der Waals surface area contributed by atoms with Crippen molar-refractivity contribution < 1.29 is 18.1 Å². The fourth-order valence-electron chi connectivity index (χ4n) is 3.16. The number of piperidine rings is 1. The van der Waals surface area contributed by atoms with Gasteiger partial charge in [0.25, 0.3) is 11.6 Å². The minimum atomic E-state index is -3.99. The Morgan fingerprint density at radius 3 is 2.46 bits per heavy atom. The number of benzene rings is 1. The number of sulfonamides is 1. The zero-order chi connectivity index (χ0) is 20.1. The molecule has 148 valence electrons. The lowest BCUT2D eigenvalue weighted by Crippen LogP contribution is -2.41. The average molecular weight is 404 g/mol. The van der Waals surface area contributed by atoms with E-state index >= 15 is 0 Å². The van der Waals surface area contributed by atoms with Crippen molar-refractivity contribution in [1.82, 2.24) is 14.6 Å². The van der Waals surface area contributed by atoms with Gasteiger partial charge >= 0.3 is 0 Å². The SMILES string of the molecule is O=C(c1ccncc1)N1CCC(CNS(=O)(=O)c2ccccc2[N+](=O)[O-])CC1. The number of nitrogens with zero attached hydrogens (tertiary/aromatic N) is 3. The van der Waals surface area contributed by atoms with Crippen LogP contribution < -0.4 is 4.72 Å². The molecule has 9 nitrogen and oxygen atoms in total. The Morgan fingerprint density at radius 2 is 1.82 bits per heavy atom. The highest BCUT2D eigenvalue weighted by Crippen LogP contribution is 2.24. The normalized spacial score (nSPS) is 15.4. The van der Waals surface area contributed by atoms with E-state index in [-0.39, 0.29) is 23.3 Å². The van der Waals surface area contributed by atoms with Gasteiger partial charge in [0.1, 0.15) is 0 Å². The van der Waals surface area contributed by atoms with Crippen molar-refractivity contribution in [3.63, 3.8) is 0 Å². The number of carbonyl (C=O) groups is 1. The van der Waals surface area contributed by atoms with Gasteiger partial charge < -0.3 is 4.90 Å². The Morgan fingerprint density at radius 1 is 1.18 bits per heavy atom. The molecule has 0 atom stereocenters. The molecule has 10 heteroatoms. The number of para-hydroxylation sites is 1. The number of hydrogen-bond acceptors (Lipinski definition) is 6. The molecule has 1 aliphatic heterocycles. The molecular formula is C18H20N4O5S. The third-order valence-corrected chi connectivity index (χ3v) is 6.21. The summed E-state index contributed by atoms with van der Waals surface area (Å²) in [6.45, 7) is 1.23. The maximum absolute atomic E-state index is 12.5. The van der Waals surface area contributed by atoms with Crippen LogP contribution in [0.5, 0.6) is 0 Å². The molecule has 1 N–H and O–H groups in total. The fourth-order valence-corrected chi connectivity index (χ4v) is 4.44. The van der Waals surface area contributed by atoms with Crippen LogP contribution in [0.4, 0.5) is 5.69 Å². The number of rotatable bonds is 6. The Balaban J connectivity index is 1.57. The van der Waals surface area contributed by atoms with Gasteiger partial charge in [-0.3, -0.25) is 19.9 Å². The van der Waals surface area contributed by atoms with Gasteiger partial charge in [0.2, 0.25) is 10.0 Å². The standard InChI is InChI=1S/C18H20N4O5S/c23-18(15-5-9-19-10-6-15)21-11-7-14(8-12-21)13-20-28(26,27)17-4-2-1-3-16(17)22(24)25/h1-6,9-10,14,20H,7-8,11-13H2. The monoisotopic (exact) mass is 404 g/mol. The largest absolute Gasteiger partial charge is 0.339 e. The summed E-state index contributed by atoms with van der Waals surface area (Å²) in [7, 11) is -3.99. The van der Waals surface area contributed by atoms with Crippen LogP contribution in [-0.4, -0.2) is 48.8 Å². The quantitative estimate of drug-likeness (QED) is 0.579. The minimum absolute atomic E-state index is 0.0547. The summed E-state index contributed by atoms with van der Waals surface area (Å²) in [6, 6.07) is 8.58. The number of amides is 1. The highest BCUT2D eigenvalue weighted by Gasteiger charge is 2.28. The van der Waals surface area contributed by atoms with Gasteiger partial charge in [-0.2, -0.15) is 0 Å². The lowest BCUT2D eigenvalue weighted by atomic mass is 9.97. The van der Waals surface area contributed by atoms with Crippen molar-refractivity contribution >= 4 is 21.6 Å². The molecule has 0 bridgehead atoms. The van der Waals surface area contributed by atoms with Crippen LogP contribution in [0.25, 0.3) is 0 Å². The molecule has 0 aliphatic carbocycles. The first-order chi connectivity index (χ1) is 13.4. The van der Waals surface area contributed by atoms with Gasteiger partial charge in [-0.15, -0.1) is 0 Å². The summed E-state index contributed by atoms with van der Waals surface area (Å²) in [5, 5.41) is 11.1. The molecule has 0 radical (unpaired) electrons. The van der Waals surface area contributed by atoms with Gasteiger partial charge in [0.05, 0.1) is 4.92 Å². The van der Waals surface area contributed by atoms with Gasteiger partial charge in [-0.25, -0.2) is 13.1 Å². The van der Waals surface area contributed by atoms with E-state index in [2.05, 4.69) is 9.71 Å². The Labute approximate surface area is 162 Å². The van der Waals surface area contributed by atoms with Crippen LogP contribution >= 0.6 is 0 Å². The summed E-state index contributed by atoms with van der Waals surface area (Å²) < 4.78 is 27.4. The average Bonchev–Trinajstić information content (AvgIpc) is 2.73. The number of pyridine rings is 1. The van der Waals surface area contributed by atoms with Crippen LogP contribution in [0.1, 0.15) is 23.2 Å². The molecule has 1 fully saturated rings. The zero-order valence-electron chi connectivity index (χ0n) is 15.0. The zero-order valence-corrected chi connectivity index (χ0v) is 15.8. The van der Waals surface area contributed by atoms with Gasteiger partial charge in [0, 0.05) is 43.7 Å². The highest BCUT2D eigenvalue weighted by molar-refractivity contribution is 7.89. The van der Waals surface area contributed by atoms with E-state index in [4.69, 9.17) is 0 Å². The molecule has 1 saturated heterocycles. The molecule has 2 aromatic rings. The third-order valence-electron chi connectivity index (χ3n) is 4.74. The van der Waals surface area contributed by atoms with Gasteiger partial charge in [0.15, 0.2) is 4.90 Å². The molecule has 1 aromatic heterocycles. The molecule has 2 heterocycles. The minimum Gasteiger partial charge on any atom is -0.339 e. The summed E-state index contributed by atoms with van der Waals surface area (Å²) >= 11 is 0. The van der Waals surface area contributed by atoms with Crippen molar-refractivity contribution in [2.75, 3.05) is 19.6 Å². The molecule has 1 aliphatic rings. The van der Waals surface area contributed by atoms with E-state index in [0.717, 1.165) is 6.07 Å². The molecule has 28 heavy (non-hydrogen) atoms. The number of likely N-dealkylation sites (tertiary alicyclic amines) is 1. The Hall–Kier alpha value is -2.85. The van der Waals surface area contributed by atoms with Crippen molar-refractivity contribution in [3.8, 4) is 0 Å². The molecule has 1 aromatic carbocycles. The number of hydrogen-bond donors (Lipinski definition) is 1. The Kier molecular flexibility index (Phi) is 6.00. The van der Waals surface area contributed by atoms with Crippen molar-refractivity contribution in [1.29, 1.82) is 0 Å². The van der Waals surface area contributed by atoms with Crippen LogP contribution in [0.3, 0.4) is 0 Å². The maximum atomic E-state index is 12.5. The lowest BCUT2D eigenvalue weighted by molar-refractivity contribution is -0.387. The van der Waals surface area contributed by atoms with E-state index in [1.54, 1.807) is 29.4 Å². The second-order valence-corrected chi connectivity index (χ2v) is 8.28. The number of aromatic nitrogens is 1. The van der Waals surface area contributed by atoms with Crippen LogP contribution in [0, 0.1) is 16.0 Å². The number of carbonyl (C=O) groups excluding carboxylic acids is 1. The second kappa shape index (κ2) is 8.44. The maximum Gasteiger partial charge on any atom is 0.289 e. The van der Waals surface area contributed by atoms with Crippen LogP contribution in [0.2, 0.25) is 0 Å². The van der Waals surface area contributed by atoms with Crippen molar-refractivity contribution in [3.05, 3.63) is 64.5 Å². The molecular weight excluding hydrogens is 384 g/mol. The fraction of sp³-hybridized carbons (Fsp3) is 0.333. The topological polar surface area (TPSA) is 123 Å². The highest BCUT2D eigenvalue weighted by atomic mass is 32.2.